The predicted molar refractivity (Wildman–Crippen MR) is 114 cm³/mol. The lowest BCUT2D eigenvalue weighted by molar-refractivity contribution is -0.137. The minimum absolute atomic E-state index is 0.318. The minimum Gasteiger partial charge on any atom is -0.481 e. The lowest BCUT2D eigenvalue weighted by Crippen LogP contribution is -2.36. The number of carboxylic acids is 1. The molecule has 0 aromatic rings. The summed E-state index contributed by atoms with van der Waals surface area (Å²) in [7, 11) is 0. The number of carbonyl (C=O) groups is 1. The zero-order valence-electron chi connectivity index (χ0n) is 18.1. The molecule has 0 aromatic heterocycles. The van der Waals surface area contributed by atoms with Crippen molar-refractivity contribution in [1.82, 2.24) is 4.90 Å². The third kappa shape index (κ3) is 15.7. The van der Waals surface area contributed by atoms with E-state index in [4.69, 9.17) is 5.11 Å². The molecule has 0 rings (SSSR count). The molecule has 1 atom stereocenters. The Kier molecular flexibility index (Phi) is 18.8. The SMILES string of the molecule is CCCCCCCCN(CCCCCCCC)C(CC)CCCC(=O)O. The van der Waals surface area contributed by atoms with E-state index in [9.17, 15) is 4.79 Å². The van der Waals surface area contributed by atoms with Gasteiger partial charge in [0.05, 0.1) is 0 Å². The van der Waals surface area contributed by atoms with Gasteiger partial charge in [0, 0.05) is 12.5 Å². The predicted octanol–water partition coefficient (Wildman–Crippen LogP) is 7.04. The summed E-state index contributed by atoms with van der Waals surface area (Å²) in [5.74, 6) is -0.654. The standard InChI is InChI=1S/C23H47NO2/c1-4-7-9-11-13-15-20-24(21-16-14-12-10-8-5-2)22(6-3)18-17-19-23(25)26/h22H,4-21H2,1-3H3,(H,25,26). The van der Waals surface area contributed by atoms with Crippen molar-refractivity contribution >= 4 is 5.97 Å². The quantitative estimate of drug-likeness (QED) is 0.234. The smallest absolute Gasteiger partial charge is 0.303 e. The van der Waals surface area contributed by atoms with Gasteiger partial charge in [-0.25, -0.2) is 0 Å². The van der Waals surface area contributed by atoms with Crippen molar-refractivity contribution < 1.29 is 9.90 Å². The fourth-order valence-electron chi connectivity index (χ4n) is 3.80. The Morgan fingerprint density at radius 3 is 1.62 bits per heavy atom. The topological polar surface area (TPSA) is 40.5 Å². The van der Waals surface area contributed by atoms with Crippen molar-refractivity contribution in [2.75, 3.05) is 13.1 Å². The van der Waals surface area contributed by atoms with Crippen LogP contribution in [0.1, 0.15) is 124 Å². The lowest BCUT2D eigenvalue weighted by Gasteiger charge is -2.31. The largest absolute Gasteiger partial charge is 0.481 e. The van der Waals surface area contributed by atoms with Crippen molar-refractivity contribution in [2.24, 2.45) is 0 Å². The summed E-state index contributed by atoms with van der Waals surface area (Å²) in [6.07, 6.45) is 19.5. The van der Waals surface area contributed by atoms with E-state index in [0.29, 0.717) is 12.5 Å². The highest BCUT2D eigenvalue weighted by atomic mass is 16.4. The molecule has 0 radical (unpaired) electrons. The van der Waals surface area contributed by atoms with E-state index in [1.165, 1.54) is 90.1 Å². The van der Waals surface area contributed by atoms with Crippen LogP contribution in [0, 0.1) is 0 Å². The van der Waals surface area contributed by atoms with Gasteiger partial charge in [-0.2, -0.15) is 0 Å². The first-order valence-corrected chi connectivity index (χ1v) is 11.6. The molecule has 0 aliphatic carbocycles. The van der Waals surface area contributed by atoms with Crippen molar-refractivity contribution in [2.45, 2.75) is 130 Å². The summed E-state index contributed by atoms with van der Waals surface area (Å²) in [5.41, 5.74) is 0. The van der Waals surface area contributed by atoms with E-state index in [0.717, 1.165) is 19.3 Å². The van der Waals surface area contributed by atoms with Crippen LogP contribution in [0.4, 0.5) is 0 Å². The van der Waals surface area contributed by atoms with Crippen LogP contribution in [0.3, 0.4) is 0 Å². The molecule has 0 amide bonds. The molecule has 0 bridgehead atoms. The van der Waals surface area contributed by atoms with E-state index >= 15 is 0 Å². The molecule has 26 heavy (non-hydrogen) atoms. The fourth-order valence-corrected chi connectivity index (χ4v) is 3.80. The number of rotatable bonds is 20. The van der Waals surface area contributed by atoms with Gasteiger partial charge in [0.15, 0.2) is 0 Å². The summed E-state index contributed by atoms with van der Waals surface area (Å²) in [6, 6.07) is 0.570. The molecule has 0 spiro atoms. The average molecular weight is 370 g/mol. The van der Waals surface area contributed by atoms with Gasteiger partial charge in [-0.3, -0.25) is 4.79 Å². The van der Waals surface area contributed by atoms with Crippen molar-refractivity contribution in [3.05, 3.63) is 0 Å². The van der Waals surface area contributed by atoms with E-state index in [1.807, 2.05) is 0 Å². The number of unbranched alkanes of at least 4 members (excludes halogenated alkanes) is 10. The Hall–Kier alpha value is -0.570. The minimum atomic E-state index is -0.654. The second-order valence-corrected chi connectivity index (χ2v) is 7.92. The van der Waals surface area contributed by atoms with Crippen molar-refractivity contribution in [3.8, 4) is 0 Å². The van der Waals surface area contributed by atoms with E-state index in [-0.39, 0.29) is 0 Å². The summed E-state index contributed by atoms with van der Waals surface area (Å²) in [6.45, 7) is 9.21. The first-order valence-electron chi connectivity index (χ1n) is 11.6. The second-order valence-electron chi connectivity index (χ2n) is 7.92. The molecule has 1 unspecified atom stereocenters. The third-order valence-corrected chi connectivity index (χ3v) is 5.51. The molecule has 0 fully saturated rings. The Labute approximate surface area is 163 Å². The number of hydrogen-bond acceptors (Lipinski definition) is 2. The second kappa shape index (κ2) is 19.2. The van der Waals surface area contributed by atoms with Crippen molar-refractivity contribution in [3.63, 3.8) is 0 Å². The summed E-state index contributed by atoms with van der Waals surface area (Å²) < 4.78 is 0. The molecule has 0 heterocycles. The van der Waals surface area contributed by atoms with Gasteiger partial charge in [0.1, 0.15) is 0 Å². The molecule has 156 valence electrons. The zero-order valence-corrected chi connectivity index (χ0v) is 18.1. The first-order chi connectivity index (χ1) is 12.7. The highest BCUT2D eigenvalue weighted by Gasteiger charge is 2.16. The maximum atomic E-state index is 10.8. The molecule has 0 saturated carbocycles. The molecule has 0 aliphatic heterocycles. The van der Waals surface area contributed by atoms with Crippen LogP contribution in [0.25, 0.3) is 0 Å². The molecular weight excluding hydrogens is 322 g/mol. The number of nitrogens with zero attached hydrogens (tertiary/aromatic N) is 1. The van der Waals surface area contributed by atoms with Gasteiger partial charge in [-0.05, 0) is 45.2 Å². The van der Waals surface area contributed by atoms with Gasteiger partial charge >= 0.3 is 5.97 Å². The summed E-state index contributed by atoms with van der Waals surface area (Å²) in [4.78, 5) is 13.5. The molecule has 0 saturated heterocycles. The molecule has 1 N–H and O–H groups in total. The summed E-state index contributed by atoms with van der Waals surface area (Å²) in [5, 5.41) is 8.91. The van der Waals surface area contributed by atoms with Gasteiger partial charge < -0.3 is 10.0 Å². The summed E-state index contributed by atoms with van der Waals surface area (Å²) >= 11 is 0. The van der Waals surface area contributed by atoms with Gasteiger partial charge in [0.2, 0.25) is 0 Å². The highest BCUT2D eigenvalue weighted by molar-refractivity contribution is 5.66. The van der Waals surface area contributed by atoms with Crippen LogP contribution in [-0.4, -0.2) is 35.1 Å². The Bertz CT molecular complexity index is 291. The zero-order chi connectivity index (χ0) is 19.5. The lowest BCUT2D eigenvalue weighted by atomic mass is 10.0. The molecule has 0 aliphatic rings. The van der Waals surface area contributed by atoms with Crippen LogP contribution in [-0.2, 0) is 4.79 Å². The Morgan fingerprint density at radius 1 is 0.731 bits per heavy atom. The van der Waals surface area contributed by atoms with Crippen LogP contribution in [0.15, 0.2) is 0 Å². The Morgan fingerprint density at radius 2 is 1.19 bits per heavy atom. The average Bonchev–Trinajstić information content (AvgIpc) is 2.63. The molecule has 3 nitrogen and oxygen atoms in total. The number of aliphatic carboxylic acids is 1. The number of hydrogen-bond donors (Lipinski definition) is 1. The highest BCUT2D eigenvalue weighted by Crippen LogP contribution is 2.17. The van der Waals surface area contributed by atoms with Gasteiger partial charge in [0.25, 0.3) is 0 Å². The van der Waals surface area contributed by atoms with E-state index < -0.39 is 5.97 Å². The molecular formula is C23H47NO2. The maximum Gasteiger partial charge on any atom is 0.303 e. The van der Waals surface area contributed by atoms with Crippen LogP contribution in [0.2, 0.25) is 0 Å². The van der Waals surface area contributed by atoms with E-state index in [1.54, 1.807) is 0 Å². The Balaban J connectivity index is 4.23. The first kappa shape index (κ1) is 25.4. The van der Waals surface area contributed by atoms with Crippen LogP contribution in [0.5, 0.6) is 0 Å². The third-order valence-electron chi connectivity index (χ3n) is 5.51. The monoisotopic (exact) mass is 369 g/mol. The maximum absolute atomic E-state index is 10.8. The fraction of sp³-hybridized carbons (Fsp3) is 0.957. The number of carboxylic acid groups (broad SMARTS) is 1. The van der Waals surface area contributed by atoms with Gasteiger partial charge in [-0.1, -0.05) is 85.0 Å². The van der Waals surface area contributed by atoms with Crippen LogP contribution >= 0.6 is 0 Å². The van der Waals surface area contributed by atoms with Gasteiger partial charge in [-0.15, -0.1) is 0 Å². The van der Waals surface area contributed by atoms with Crippen molar-refractivity contribution in [1.29, 1.82) is 0 Å². The van der Waals surface area contributed by atoms with E-state index in [2.05, 4.69) is 25.7 Å². The molecule has 0 aromatic carbocycles. The molecule has 3 heteroatoms. The van der Waals surface area contributed by atoms with Crippen LogP contribution < -0.4 is 0 Å². The normalized spacial score (nSPS) is 12.6.